The number of carboxylic acid groups (broad SMARTS) is 1. The number of rotatable bonds is 3. The van der Waals surface area contributed by atoms with Gasteiger partial charge >= 0.3 is 6.09 Å². The van der Waals surface area contributed by atoms with Crippen LogP contribution in [0.25, 0.3) is 21.9 Å². The van der Waals surface area contributed by atoms with Crippen LogP contribution in [0.15, 0.2) is 36.5 Å². The highest BCUT2D eigenvalue weighted by Crippen LogP contribution is 2.33. The molecule has 1 atom stereocenters. The molecule has 1 fully saturated rings. The number of hydrogen-bond donors (Lipinski definition) is 3. The Kier molecular flexibility index (Phi) is 3.80. The first-order valence-electron chi connectivity index (χ1n) is 8.22. The third-order valence-electron chi connectivity index (χ3n) is 4.59. The number of nitrogens with one attached hydrogen (secondary N) is 2. The number of piperidine rings is 1. The molecule has 0 radical (unpaired) electrons. The molecule has 3 N–H and O–H groups in total. The molecule has 0 spiro atoms. The molecule has 3 amide bonds. The van der Waals surface area contributed by atoms with Gasteiger partial charge in [-0.1, -0.05) is 6.07 Å². The lowest BCUT2D eigenvalue weighted by atomic mass is 10.1. The van der Waals surface area contributed by atoms with E-state index in [0.717, 1.165) is 21.9 Å². The number of nitrogens with zero attached hydrogens (tertiary/aromatic N) is 2. The molecule has 0 bridgehead atoms. The van der Waals surface area contributed by atoms with Gasteiger partial charge in [0.2, 0.25) is 11.8 Å². The predicted octanol–water partition coefficient (Wildman–Crippen LogP) is 1.93. The van der Waals surface area contributed by atoms with Crippen molar-refractivity contribution in [3.63, 3.8) is 0 Å². The molecule has 1 aliphatic heterocycles. The molecule has 3 heterocycles. The van der Waals surface area contributed by atoms with Gasteiger partial charge in [0.25, 0.3) is 0 Å². The van der Waals surface area contributed by atoms with Gasteiger partial charge in [-0.3, -0.25) is 14.9 Å². The number of imide groups is 1. The van der Waals surface area contributed by atoms with Crippen LogP contribution < -0.4 is 10.6 Å². The lowest BCUT2D eigenvalue weighted by molar-refractivity contribution is -0.135. The summed E-state index contributed by atoms with van der Waals surface area (Å²) in [4.78, 5) is 39.0. The quantitative estimate of drug-likeness (QED) is 0.623. The third kappa shape index (κ3) is 2.65. The molecule has 1 aliphatic rings. The van der Waals surface area contributed by atoms with Crippen LogP contribution in [0.3, 0.4) is 0 Å². The summed E-state index contributed by atoms with van der Waals surface area (Å²) in [7, 11) is 0. The molecular weight excluding hydrogens is 336 g/mol. The normalized spacial score (nSPS) is 17.5. The highest BCUT2D eigenvalue weighted by atomic mass is 16.4. The number of carbonyl (C=O) groups excluding carboxylic acids is 2. The topological polar surface area (TPSA) is 113 Å². The summed E-state index contributed by atoms with van der Waals surface area (Å²) in [6.07, 6.45) is 1.28. The van der Waals surface area contributed by atoms with Crippen molar-refractivity contribution in [3.8, 4) is 0 Å². The minimum atomic E-state index is -1.09. The van der Waals surface area contributed by atoms with Crippen LogP contribution >= 0.6 is 0 Å². The maximum atomic E-state index is 12.4. The molecule has 1 saturated heterocycles. The van der Waals surface area contributed by atoms with Gasteiger partial charge in [0.1, 0.15) is 11.7 Å². The molecule has 26 heavy (non-hydrogen) atoms. The Balaban J connectivity index is 1.87. The van der Waals surface area contributed by atoms with Crippen molar-refractivity contribution >= 4 is 39.8 Å². The van der Waals surface area contributed by atoms with E-state index in [1.54, 1.807) is 6.20 Å². The number of benzene rings is 1. The number of amides is 3. The highest BCUT2D eigenvalue weighted by molar-refractivity contribution is 6.09. The van der Waals surface area contributed by atoms with Crippen LogP contribution in [0.4, 0.5) is 4.79 Å². The van der Waals surface area contributed by atoms with Crippen LogP contribution in [0.2, 0.25) is 0 Å². The molecule has 1 aromatic carbocycles. The average Bonchev–Trinajstić information content (AvgIpc) is 2.94. The van der Waals surface area contributed by atoms with E-state index in [4.69, 9.17) is 5.11 Å². The molecule has 3 aromatic rings. The van der Waals surface area contributed by atoms with Gasteiger partial charge in [0.15, 0.2) is 0 Å². The van der Waals surface area contributed by atoms with E-state index in [1.807, 2.05) is 34.9 Å². The molecule has 1 unspecified atom stereocenters. The number of fused-ring (bicyclic) bond motifs is 3. The summed E-state index contributed by atoms with van der Waals surface area (Å²) < 4.78 is 1.86. The summed E-state index contributed by atoms with van der Waals surface area (Å²) in [5.41, 5.74) is 2.30. The van der Waals surface area contributed by atoms with Crippen LogP contribution in [-0.2, 0) is 16.1 Å². The van der Waals surface area contributed by atoms with Crippen molar-refractivity contribution in [1.82, 2.24) is 20.2 Å². The van der Waals surface area contributed by atoms with Crippen LogP contribution in [0.1, 0.15) is 24.4 Å². The third-order valence-corrected chi connectivity index (χ3v) is 4.59. The van der Waals surface area contributed by atoms with Crippen LogP contribution in [0.5, 0.6) is 0 Å². The smallest absolute Gasteiger partial charge is 0.404 e. The fourth-order valence-corrected chi connectivity index (χ4v) is 3.45. The van der Waals surface area contributed by atoms with Crippen molar-refractivity contribution in [2.75, 3.05) is 0 Å². The average molecular weight is 352 g/mol. The Morgan fingerprint density at radius 2 is 2.15 bits per heavy atom. The Morgan fingerprint density at radius 1 is 1.31 bits per heavy atom. The second kappa shape index (κ2) is 6.14. The van der Waals surface area contributed by atoms with E-state index >= 15 is 0 Å². The maximum absolute atomic E-state index is 12.4. The van der Waals surface area contributed by atoms with E-state index in [-0.39, 0.29) is 24.8 Å². The molecule has 0 aliphatic carbocycles. The van der Waals surface area contributed by atoms with Crippen molar-refractivity contribution in [2.45, 2.75) is 25.4 Å². The molecule has 2 aromatic heterocycles. The molecule has 0 saturated carbocycles. The van der Waals surface area contributed by atoms with Crippen molar-refractivity contribution < 1.29 is 19.5 Å². The van der Waals surface area contributed by atoms with E-state index in [9.17, 15) is 14.4 Å². The Bertz CT molecular complexity index is 1060. The van der Waals surface area contributed by atoms with Gasteiger partial charge in [-0.2, -0.15) is 0 Å². The SMILES string of the molecule is O=C(O)NCc1ccc2c(c1)c1cccnc1n2C1CCC(=O)NC1=O. The monoisotopic (exact) mass is 352 g/mol. The molecular formula is C18H16N4O4. The maximum Gasteiger partial charge on any atom is 0.404 e. The van der Waals surface area contributed by atoms with E-state index < -0.39 is 12.1 Å². The van der Waals surface area contributed by atoms with Gasteiger partial charge in [-0.05, 0) is 36.2 Å². The summed E-state index contributed by atoms with van der Waals surface area (Å²) in [6, 6.07) is 8.81. The number of hydrogen-bond acceptors (Lipinski definition) is 4. The lowest BCUT2D eigenvalue weighted by Gasteiger charge is -2.23. The molecule has 8 nitrogen and oxygen atoms in total. The fourth-order valence-electron chi connectivity index (χ4n) is 3.45. The second-order valence-corrected chi connectivity index (χ2v) is 6.22. The van der Waals surface area contributed by atoms with Gasteiger partial charge < -0.3 is 15.0 Å². The molecule has 8 heteroatoms. The van der Waals surface area contributed by atoms with Gasteiger partial charge in [0.05, 0.1) is 5.52 Å². The zero-order valence-electron chi connectivity index (χ0n) is 13.7. The lowest BCUT2D eigenvalue weighted by Crippen LogP contribution is -2.41. The summed E-state index contributed by atoms with van der Waals surface area (Å²) in [5.74, 6) is -0.593. The van der Waals surface area contributed by atoms with Crippen molar-refractivity contribution in [1.29, 1.82) is 0 Å². The zero-order valence-corrected chi connectivity index (χ0v) is 13.7. The Morgan fingerprint density at radius 3 is 2.92 bits per heavy atom. The van der Waals surface area contributed by atoms with Gasteiger partial charge in [-0.25, -0.2) is 9.78 Å². The minimum absolute atomic E-state index is 0.191. The van der Waals surface area contributed by atoms with Gasteiger partial charge in [-0.15, -0.1) is 0 Å². The van der Waals surface area contributed by atoms with Crippen molar-refractivity contribution in [3.05, 3.63) is 42.1 Å². The molecule has 132 valence electrons. The summed E-state index contributed by atoms with van der Waals surface area (Å²) >= 11 is 0. The Hall–Kier alpha value is -3.42. The number of carbonyl (C=O) groups is 3. The first-order valence-corrected chi connectivity index (χ1v) is 8.22. The first-order chi connectivity index (χ1) is 12.5. The first kappa shape index (κ1) is 16.1. The minimum Gasteiger partial charge on any atom is -0.465 e. The van der Waals surface area contributed by atoms with E-state index in [1.165, 1.54) is 0 Å². The number of aromatic nitrogens is 2. The van der Waals surface area contributed by atoms with E-state index in [2.05, 4.69) is 15.6 Å². The molecule has 4 rings (SSSR count). The van der Waals surface area contributed by atoms with Crippen LogP contribution in [-0.4, -0.2) is 32.6 Å². The number of pyridine rings is 1. The largest absolute Gasteiger partial charge is 0.465 e. The summed E-state index contributed by atoms with van der Waals surface area (Å²) in [5, 5.41) is 15.3. The Labute approximate surface area is 147 Å². The highest BCUT2D eigenvalue weighted by Gasteiger charge is 2.30. The van der Waals surface area contributed by atoms with Crippen molar-refractivity contribution in [2.24, 2.45) is 0 Å². The zero-order chi connectivity index (χ0) is 18.3. The standard InChI is InChI=1S/C18H16N4O4/c23-15-6-5-14(17(24)21-15)22-13-4-3-10(9-20-18(25)26)8-12(13)11-2-1-7-19-16(11)22/h1-4,7-8,14,20H,5-6,9H2,(H,25,26)(H,21,23,24). The second-order valence-electron chi connectivity index (χ2n) is 6.22. The van der Waals surface area contributed by atoms with Crippen LogP contribution in [0, 0.1) is 0 Å². The predicted molar refractivity (Wildman–Crippen MR) is 93.5 cm³/mol. The fraction of sp³-hybridized carbons (Fsp3) is 0.222. The van der Waals surface area contributed by atoms with Gasteiger partial charge in [0, 0.05) is 29.9 Å². The van der Waals surface area contributed by atoms with E-state index in [0.29, 0.717) is 12.1 Å². The summed E-state index contributed by atoms with van der Waals surface area (Å²) in [6.45, 7) is 0.191.